The number of carbonyl (C=O) groups excluding carboxylic acids is 1. The zero-order valence-electron chi connectivity index (χ0n) is 7.19. The molecule has 0 saturated carbocycles. The van der Waals surface area contributed by atoms with Crippen LogP contribution in [0.5, 0.6) is 0 Å². The minimum absolute atomic E-state index is 0.0278. The van der Waals surface area contributed by atoms with Gasteiger partial charge in [0.2, 0.25) is 6.08 Å². The summed E-state index contributed by atoms with van der Waals surface area (Å²) in [5.41, 5.74) is 0. The molecule has 2 N–H and O–H groups in total. The van der Waals surface area contributed by atoms with E-state index in [2.05, 4.69) is 9.73 Å². The lowest BCUT2D eigenvalue weighted by Crippen LogP contribution is -2.03. The van der Waals surface area contributed by atoms with Crippen molar-refractivity contribution in [2.45, 2.75) is 6.92 Å². The molecule has 0 aromatic rings. The van der Waals surface area contributed by atoms with Gasteiger partial charge in [0, 0.05) is 6.54 Å². The van der Waals surface area contributed by atoms with Crippen LogP contribution < -0.4 is 0 Å². The third-order valence-electron chi connectivity index (χ3n) is 0.694. The van der Waals surface area contributed by atoms with E-state index in [0.29, 0.717) is 19.8 Å². The lowest BCUT2D eigenvalue weighted by molar-refractivity contribution is 0.0650. The number of aliphatic imine (C=N–C) groups is 1. The molecule has 0 aromatic carbocycles. The van der Waals surface area contributed by atoms with Crippen LogP contribution in [-0.4, -0.2) is 49.3 Å². The van der Waals surface area contributed by atoms with Gasteiger partial charge in [-0.15, -0.1) is 0 Å². The first kappa shape index (κ1) is 13.8. The second kappa shape index (κ2) is 16.7. The maximum absolute atomic E-state index is 9.11. The van der Waals surface area contributed by atoms with Gasteiger partial charge in [0.15, 0.2) is 0 Å². The number of ether oxygens (including phenoxy) is 1. The van der Waals surface area contributed by atoms with Crippen LogP contribution in [0.15, 0.2) is 4.99 Å². The number of hydrogen-bond donors (Lipinski definition) is 2. The molecule has 0 atom stereocenters. The highest BCUT2D eigenvalue weighted by Gasteiger charge is 1.79. The Balaban J connectivity index is 0. The minimum Gasteiger partial charge on any atom is -0.394 e. The van der Waals surface area contributed by atoms with Gasteiger partial charge < -0.3 is 14.9 Å². The van der Waals surface area contributed by atoms with Crippen molar-refractivity contribution in [1.82, 2.24) is 0 Å². The first-order valence-corrected chi connectivity index (χ1v) is 3.66. The van der Waals surface area contributed by atoms with Crippen molar-refractivity contribution in [2.75, 3.05) is 33.0 Å². The first-order valence-electron chi connectivity index (χ1n) is 3.66. The van der Waals surface area contributed by atoms with Crippen molar-refractivity contribution in [3.63, 3.8) is 0 Å². The number of isocyanates is 1. The molecule has 0 bridgehead atoms. The zero-order chi connectivity index (χ0) is 9.66. The number of nitrogens with zero attached hydrogens (tertiary/aromatic N) is 1. The maximum Gasteiger partial charge on any atom is 0.234 e. The highest BCUT2D eigenvalue weighted by molar-refractivity contribution is 5.32. The Morgan fingerprint density at radius 2 is 1.83 bits per heavy atom. The van der Waals surface area contributed by atoms with Crippen molar-refractivity contribution in [2.24, 2.45) is 4.99 Å². The second-order valence-corrected chi connectivity index (χ2v) is 1.63. The normalized spacial score (nSPS) is 7.92. The van der Waals surface area contributed by atoms with E-state index in [9.17, 15) is 0 Å². The summed E-state index contributed by atoms with van der Waals surface area (Å²) in [7, 11) is 0. The van der Waals surface area contributed by atoms with Gasteiger partial charge >= 0.3 is 0 Å². The molecular weight excluding hydrogens is 162 g/mol. The third kappa shape index (κ3) is 22.8. The molecule has 12 heavy (non-hydrogen) atoms. The number of hydrogen-bond acceptors (Lipinski definition) is 5. The van der Waals surface area contributed by atoms with E-state index in [1.807, 2.05) is 0 Å². The van der Waals surface area contributed by atoms with Gasteiger partial charge in [0.1, 0.15) is 0 Å². The fraction of sp³-hybridized carbons (Fsp3) is 0.857. The van der Waals surface area contributed by atoms with Gasteiger partial charge in [-0.3, -0.25) is 0 Å². The van der Waals surface area contributed by atoms with E-state index in [0.717, 1.165) is 0 Å². The molecular formula is C7H15NO4. The van der Waals surface area contributed by atoms with E-state index in [1.165, 1.54) is 6.08 Å². The summed E-state index contributed by atoms with van der Waals surface area (Å²) in [4.78, 5) is 12.3. The van der Waals surface area contributed by atoms with Crippen LogP contribution in [0.25, 0.3) is 0 Å². The summed E-state index contributed by atoms with van der Waals surface area (Å²) in [6.45, 7) is 3.02. The largest absolute Gasteiger partial charge is 0.394 e. The lowest BCUT2D eigenvalue weighted by Gasteiger charge is -1.94. The van der Waals surface area contributed by atoms with Crippen LogP contribution >= 0.6 is 0 Å². The number of rotatable bonds is 5. The summed E-state index contributed by atoms with van der Waals surface area (Å²) < 4.78 is 4.63. The second-order valence-electron chi connectivity index (χ2n) is 1.63. The molecule has 0 aliphatic carbocycles. The van der Waals surface area contributed by atoms with Crippen LogP contribution in [0.3, 0.4) is 0 Å². The van der Waals surface area contributed by atoms with Gasteiger partial charge in [-0.1, -0.05) is 0 Å². The van der Waals surface area contributed by atoms with Gasteiger partial charge in [-0.25, -0.2) is 9.79 Å². The zero-order valence-corrected chi connectivity index (χ0v) is 7.19. The molecule has 0 saturated heterocycles. The Morgan fingerprint density at radius 1 is 1.33 bits per heavy atom. The van der Waals surface area contributed by atoms with Crippen molar-refractivity contribution in [3.05, 3.63) is 0 Å². The smallest absolute Gasteiger partial charge is 0.234 e. The molecule has 0 spiro atoms. The van der Waals surface area contributed by atoms with Crippen molar-refractivity contribution < 1.29 is 19.7 Å². The first-order chi connectivity index (χ1) is 5.83. The van der Waals surface area contributed by atoms with Crippen LogP contribution in [0, 0.1) is 0 Å². The molecule has 0 aliphatic rings. The quantitative estimate of drug-likeness (QED) is 0.331. The molecule has 0 heterocycles. The molecule has 0 unspecified atom stereocenters. The van der Waals surface area contributed by atoms with Crippen molar-refractivity contribution >= 4 is 6.08 Å². The Morgan fingerprint density at radius 3 is 2.00 bits per heavy atom. The molecule has 0 aliphatic heterocycles. The molecule has 0 rings (SSSR count). The van der Waals surface area contributed by atoms with Crippen LogP contribution in [0.2, 0.25) is 0 Å². The monoisotopic (exact) mass is 177 g/mol. The molecule has 72 valence electrons. The van der Waals surface area contributed by atoms with Gasteiger partial charge in [-0.2, -0.15) is 0 Å². The predicted octanol–water partition coefficient (Wildman–Crippen LogP) is -0.670. The summed E-state index contributed by atoms with van der Waals surface area (Å²) in [6.07, 6.45) is 1.39. The molecule has 0 amide bonds. The third-order valence-corrected chi connectivity index (χ3v) is 0.694. The lowest BCUT2D eigenvalue weighted by atomic mass is 10.7. The summed E-state index contributed by atoms with van der Waals surface area (Å²) >= 11 is 0. The van der Waals surface area contributed by atoms with Crippen molar-refractivity contribution in [3.8, 4) is 0 Å². The molecule has 0 radical (unpaired) electrons. The Bertz CT molecular complexity index is 108. The number of aliphatic hydroxyl groups excluding tert-OH is 2. The molecule has 5 nitrogen and oxygen atoms in total. The van der Waals surface area contributed by atoms with E-state index >= 15 is 0 Å². The Hall–Kier alpha value is -0.740. The Kier molecular flexibility index (Phi) is 19.2. The van der Waals surface area contributed by atoms with Gasteiger partial charge in [0.05, 0.1) is 26.4 Å². The summed E-state index contributed by atoms with van der Waals surface area (Å²) in [6, 6.07) is 0. The molecule has 0 aromatic heterocycles. The van der Waals surface area contributed by atoms with Crippen LogP contribution in [-0.2, 0) is 9.53 Å². The average molecular weight is 177 g/mol. The minimum atomic E-state index is 0.0278. The van der Waals surface area contributed by atoms with Crippen LogP contribution in [0.4, 0.5) is 0 Å². The van der Waals surface area contributed by atoms with E-state index < -0.39 is 0 Å². The predicted molar refractivity (Wildman–Crippen MR) is 43.7 cm³/mol. The van der Waals surface area contributed by atoms with Crippen LogP contribution in [0.1, 0.15) is 6.92 Å². The molecule has 0 fully saturated rings. The average Bonchev–Trinajstić information content (AvgIpc) is 2.08. The summed E-state index contributed by atoms with van der Waals surface area (Å²) in [5.74, 6) is 0. The fourth-order valence-electron chi connectivity index (χ4n) is 0.296. The van der Waals surface area contributed by atoms with Gasteiger partial charge in [0.25, 0.3) is 0 Å². The Labute approximate surface area is 71.7 Å². The summed E-state index contributed by atoms with van der Waals surface area (Å²) in [5, 5.41) is 16.2. The van der Waals surface area contributed by atoms with Gasteiger partial charge in [-0.05, 0) is 6.92 Å². The van der Waals surface area contributed by atoms with E-state index in [1.54, 1.807) is 6.92 Å². The maximum atomic E-state index is 9.11. The SMILES string of the molecule is CCN=C=O.OCCOCCO. The van der Waals surface area contributed by atoms with Crippen molar-refractivity contribution in [1.29, 1.82) is 0 Å². The van der Waals surface area contributed by atoms with E-state index in [4.69, 9.17) is 15.0 Å². The standard InChI is InChI=1S/C4H10O3.C3H5NO/c5-1-3-7-4-2-6;1-2-4-3-5/h5-6H,1-4H2;2H2,1H3. The molecule has 5 heteroatoms. The highest BCUT2D eigenvalue weighted by Crippen LogP contribution is 1.68. The topological polar surface area (TPSA) is 79.1 Å². The highest BCUT2D eigenvalue weighted by atomic mass is 16.5. The fourth-order valence-corrected chi connectivity index (χ4v) is 0.296. The van der Waals surface area contributed by atoms with E-state index in [-0.39, 0.29) is 13.2 Å². The number of aliphatic hydroxyl groups is 2.